The Kier molecular flexibility index (Phi) is 6.33. The minimum Gasteiger partial charge on any atom is -0.496 e. The molecule has 1 amide bonds. The molecule has 160 valence electrons. The summed E-state index contributed by atoms with van der Waals surface area (Å²) >= 11 is 0. The first kappa shape index (κ1) is 21.1. The first-order chi connectivity index (χ1) is 15.2. The number of hydrogen-bond donors (Lipinski definition) is 1. The largest absolute Gasteiger partial charge is 0.496 e. The second kappa shape index (κ2) is 9.31. The third-order valence-corrected chi connectivity index (χ3v) is 6.17. The summed E-state index contributed by atoms with van der Waals surface area (Å²) in [6.07, 6.45) is 3.50. The average molecular weight is 416 g/mol. The Morgan fingerprint density at radius 2 is 1.90 bits per heavy atom. The van der Waals surface area contributed by atoms with E-state index in [0.717, 1.165) is 48.5 Å². The number of likely N-dealkylation sites (tertiary alicyclic amines) is 1. The van der Waals surface area contributed by atoms with E-state index in [2.05, 4.69) is 51.6 Å². The Labute approximate surface area is 184 Å². The number of ether oxygens (including phenoxy) is 1. The highest BCUT2D eigenvalue weighted by Gasteiger charge is 2.44. The predicted molar refractivity (Wildman–Crippen MR) is 123 cm³/mol. The Bertz CT molecular complexity index is 1020. The third kappa shape index (κ3) is 4.32. The summed E-state index contributed by atoms with van der Waals surface area (Å²) in [5.41, 5.74) is 3.66. The molecule has 5 heteroatoms. The molecule has 2 heterocycles. The molecule has 1 fully saturated rings. The van der Waals surface area contributed by atoms with Crippen LogP contribution in [0.5, 0.6) is 5.75 Å². The van der Waals surface area contributed by atoms with E-state index >= 15 is 0 Å². The number of hydrogen-bond acceptors (Lipinski definition) is 4. The zero-order valence-corrected chi connectivity index (χ0v) is 18.2. The number of pyridine rings is 1. The van der Waals surface area contributed by atoms with Crippen molar-refractivity contribution in [3.63, 3.8) is 0 Å². The average Bonchev–Trinajstić information content (AvgIpc) is 2.84. The number of piperidine rings is 1. The highest BCUT2D eigenvalue weighted by Crippen LogP contribution is 2.35. The number of methoxy groups -OCH3 is 1. The molecule has 4 rings (SSSR count). The molecule has 1 saturated heterocycles. The number of nitrogens with one attached hydrogen (secondary N) is 1. The van der Waals surface area contributed by atoms with Gasteiger partial charge in [0.2, 0.25) is 5.91 Å². The fourth-order valence-electron chi connectivity index (χ4n) is 4.63. The molecule has 3 aromatic rings. The van der Waals surface area contributed by atoms with Crippen LogP contribution >= 0.6 is 0 Å². The van der Waals surface area contributed by atoms with E-state index in [0.29, 0.717) is 6.54 Å². The lowest BCUT2D eigenvalue weighted by Gasteiger charge is -2.41. The lowest BCUT2D eigenvalue weighted by Crippen LogP contribution is -2.54. The molecule has 1 aromatic heterocycles. The molecule has 0 radical (unpaired) electrons. The predicted octanol–water partition coefficient (Wildman–Crippen LogP) is 4.04. The molecule has 5 nitrogen and oxygen atoms in total. The maximum absolute atomic E-state index is 13.0. The zero-order valence-electron chi connectivity index (χ0n) is 18.2. The van der Waals surface area contributed by atoms with Crippen LogP contribution in [0.15, 0.2) is 72.9 Å². The van der Waals surface area contributed by atoms with Crippen LogP contribution in [0.1, 0.15) is 24.1 Å². The van der Waals surface area contributed by atoms with Crippen molar-refractivity contribution < 1.29 is 9.53 Å². The quantitative estimate of drug-likeness (QED) is 0.660. The first-order valence-electron chi connectivity index (χ1n) is 10.7. The Hall–Kier alpha value is -3.18. The number of carbonyl (C=O) groups is 1. The van der Waals surface area contributed by atoms with E-state index in [1.54, 1.807) is 20.4 Å². The SMILES string of the molecule is CNC(=O)[C@]1(c2ccccn2)CCCN(Cc2cc(-c3ccccc3)ccc2OC)C1. The van der Waals surface area contributed by atoms with Crippen LogP contribution in [0.3, 0.4) is 0 Å². The van der Waals surface area contributed by atoms with E-state index in [9.17, 15) is 4.79 Å². The molecule has 0 saturated carbocycles. The first-order valence-corrected chi connectivity index (χ1v) is 10.7. The van der Waals surface area contributed by atoms with Gasteiger partial charge in [-0.1, -0.05) is 42.5 Å². The van der Waals surface area contributed by atoms with Gasteiger partial charge in [0.25, 0.3) is 0 Å². The number of amides is 1. The molecule has 0 aliphatic carbocycles. The summed E-state index contributed by atoms with van der Waals surface area (Å²) in [6, 6.07) is 22.5. The van der Waals surface area contributed by atoms with Gasteiger partial charge in [-0.05, 0) is 54.8 Å². The molecule has 1 aliphatic heterocycles. The van der Waals surface area contributed by atoms with Gasteiger partial charge in [-0.15, -0.1) is 0 Å². The van der Waals surface area contributed by atoms with E-state index in [-0.39, 0.29) is 5.91 Å². The van der Waals surface area contributed by atoms with Gasteiger partial charge in [0.15, 0.2) is 0 Å². The number of carbonyl (C=O) groups excluding carboxylic acids is 1. The van der Waals surface area contributed by atoms with Gasteiger partial charge in [0, 0.05) is 31.9 Å². The van der Waals surface area contributed by atoms with Crippen LogP contribution in [0.4, 0.5) is 0 Å². The number of likely N-dealkylation sites (N-methyl/N-ethyl adjacent to an activating group) is 1. The standard InChI is InChI=1S/C26H29N3O2/c1-27-25(30)26(24-11-6-7-15-28-24)14-8-16-29(19-26)18-22-17-21(12-13-23(22)31-2)20-9-4-3-5-10-20/h3-7,9-13,15,17H,8,14,16,18-19H2,1-2H3,(H,27,30)/t26-/m1/s1. The third-order valence-electron chi connectivity index (χ3n) is 6.17. The molecule has 1 atom stereocenters. The fraction of sp³-hybridized carbons (Fsp3) is 0.308. The normalized spacial score (nSPS) is 19.0. The van der Waals surface area contributed by atoms with Crippen LogP contribution in [0, 0.1) is 0 Å². The summed E-state index contributed by atoms with van der Waals surface area (Å²) in [4.78, 5) is 20.0. The Morgan fingerprint density at radius 1 is 1.10 bits per heavy atom. The molecule has 31 heavy (non-hydrogen) atoms. The van der Waals surface area contributed by atoms with Crippen LogP contribution in [-0.2, 0) is 16.8 Å². The molecule has 1 N–H and O–H groups in total. The van der Waals surface area contributed by atoms with Crippen LogP contribution < -0.4 is 10.1 Å². The number of benzene rings is 2. The smallest absolute Gasteiger partial charge is 0.233 e. The lowest BCUT2D eigenvalue weighted by molar-refractivity contribution is -0.128. The summed E-state index contributed by atoms with van der Waals surface area (Å²) in [6.45, 7) is 2.28. The summed E-state index contributed by atoms with van der Waals surface area (Å²) in [7, 11) is 3.41. The van der Waals surface area contributed by atoms with Gasteiger partial charge >= 0.3 is 0 Å². The summed E-state index contributed by atoms with van der Waals surface area (Å²) in [5.74, 6) is 0.898. The summed E-state index contributed by atoms with van der Waals surface area (Å²) in [5, 5.41) is 2.88. The lowest BCUT2D eigenvalue weighted by atomic mass is 9.75. The topological polar surface area (TPSA) is 54.5 Å². The minimum atomic E-state index is -0.640. The highest BCUT2D eigenvalue weighted by molar-refractivity contribution is 5.88. The van der Waals surface area contributed by atoms with Gasteiger partial charge in [0.05, 0.1) is 12.8 Å². The van der Waals surface area contributed by atoms with Crippen molar-refractivity contribution in [2.45, 2.75) is 24.8 Å². The van der Waals surface area contributed by atoms with Gasteiger partial charge < -0.3 is 10.1 Å². The molecular formula is C26H29N3O2. The second-order valence-corrected chi connectivity index (χ2v) is 8.08. The van der Waals surface area contributed by atoms with E-state index < -0.39 is 5.41 Å². The molecule has 0 spiro atoms. The maximum Gasteiger partial charge on any atom is 0.233 e. The van der Waals surface area contributed by atoms with E-state index in [1.165, 1.54) is 5.56 Å². The molecule has 0 unspecified atom stereocenters. The Balaban J connectivity index is 1.64. The molecule has 0 bridgehead atoms. The van der Waals surface area contributed by atoms with Gasteiger partial charge in [-0.25, -0.2) is 0 Å². The van der Waals surface area contributed by atoms with Crippen molar-refractivity contribution in [3.05, 3.63) is 84.2 Å². The van der Waals surface area contributed by atoms with Crippen LogP contribution in [0.25, 0.3) is 11.1 Å². The zero-order chi connectivity index (χ0) is 21.7. The van der Waals surface area contributed by atoms with Crippen LogP contribution in [0.2, 0.25) is 0 Å². The van der Waals surface area contributed by atoms with Crippen LogP contribution in [-0.4, -0.2) is 43.0 Å². The van der Waals surface area contributed by atoms with Crippen molar-refractivity contribution in [2.75, 3.05) is 27.2 Å². The minimum absolute atomic E-state index is 0.0286. The number of aromatic nitrogens is 1. The van der Waals surface area contributed by atoms with Crippen molar-refractivity contribution in [1.82, 2.24) is 15.2 Å². The molecule has 2 aromatic carbocycles. The van der Waals surface area contributed by atoms with E-state index in [4.69, 9.17) is 4.74 Å². The number of nitrogens with zero attached hydrogens (tertiary/aromatic N) is 2. The number of rotatable bonds is 6. The van der Waals surface area contributed by atoms with E-state index in [1.807, 2.05) is 30.3 Å². The highest BCUT2D eigenvalue weighted by atomic mass is 16.5. The molecular weight excluding hydrogens is 386 g/mol. The molecule has 1 aliphatic rings. The fourth-order valence-corrected chi connectivity index (χ4v) is 4.63. The van der Waals surface area contributed by atoms with Gasteiger partial charge in [0.1, 0.15) is 11.2 Å². The summed E-state index contributed by atoms with van der Waals surface area (Å²) < 4.78 is 5.66. The second-order valence-electron chi connectivity index (χ2n) is 8.08. The van der Waals surface area contributed by atoms with Crippen molar-refractivity contribution in [3.8, 4) is 16.9 Å². The monoisotopic (exact) mass is 415 g/mol. The Morgan fingerprint density at radius 3 is 2.61 bits per heavy atom. The van der Waals surface area contributed by atoms with Gasteiger partial charge in [-0.3, -0.25) is 14.7 Å². The van der Waals surface area contributed by atoms with Crippen molar-refractivity contribution in [2.24, 2.45) is 0 Å². The van der Waals surface area contributed by atoms with Crippen molar-refractivity contribution in [1.29, 1.82) is 0 Å². The maximum atomic E-state index is 13.0. The van der Waals surface area contributed by atoms with Gasteiger partial charge in [-0.2, -0.15) is 0 Å². The van der Waals surface area contributed by atoms with Crippen molar-refractivity contribution >= 4 is 5.91 Å².